The number of hydrogen-bond acceptors (Lipinski definition) is 4. The van der Waals surface area contributed by atoms with Crippen LogP contribution in [0.5, 0.6) is 5.88 Å². The van der Waals surface area contributed by atoms with Crippen molar-refractivity contribution in [2.24, 2.45) is 0 Å². The van der Waals surface area contributed by atoms with Gasteiger partial charge in [-0.15, -0.1) is 0 Å². The van der Waals surface area contributed by atoms with E-state index in [0.717, 1.165) is 12.8 Å². The van der Waals surface area contributed by atoms with E-state index in [0.29, 0.717) is 17.0 Å². The molecule has 6 heteroatoms. The third-order valence-electron chi connectivity index (χ3n) is 4.24. The van der Waals surface area contributed by atoms with E-state index in [1.807, 2.05) is 0 Å². The molecule has 1 aromatic carbocycles. The van der Waals surface area contributed by atoms with Gasteiger partial charge in [-0.05, 0) is 37.3 Å². The molecular formula is C19H20N2O4. The van der Waals surface area contributed by atoms with E-state index < -0.39 is 17.9 Å². The Hall–Kier alpha value is -2.89. The molecule has 1 aliphatic carbocycles. The van der Waals surface area contributed by atoms with E-state index in [9.17, 15) is 14.7 Å². The summed E-state index contributed by atoms with van der Waals surface area (Å²) in [5.41, 5.74) is 0.804. The van der Waals surface area contributed by atoms with Gasteiger partial charge in [0, 0.05) is 12.3 Å². The third kappa shape index (κ3) is 4.35. The molecule has 0 bridgehead atoms. The van der Waals surface area contributed by atoms with E-state index in [1.165, 1.54) is 19.0 Å². The van der Waals surface area contributed by atoms with Crippen molar-refractivity contribution >= 4 is 11.9 Å². The zero-order chi connectivity index (χ0) is 17.6. The summed E-state index contributed by atoms with van der Waals surface area (Å²) in [4.78, 5) is 28.0. The topological polar surface area (TPSA) is 88.5 Å². The van der Waals surface area contributed by atoms with Gasteiger partial charge in [0.15, 0.2) is 6.04 Å². The van der Waals surface area contributed by atoms with Crippen LogP contribution >= 0.6 is 0 Å². The maximum absolute atomic E-state index is 12.3. The average molecular weight is 340 g/mol. The Morgan fingerprint density at radius 1 is 1.12 bits per heavy atom. The number of carbonyl (C=O) groups is 2. The van der Waals surface area contributed by atoms with Crippen molar-refractivity contribution in [3.8, 4) is 5.88 Å². The normalized spacial score (nSPS) is 15.5. The number of nitrogens with one attached hydrogen (secondary N) is 1. The molecule has 2 aromatic rings. The first-order chi connectivity index (χ1) is 12.1. The molecule has 1 amide bonds. The molecule has 1 atom stereocenters. The predicted octanol–water partition coefficient (Wildman–Crippen LogP) is 2.96. The largest absolute Gasteiger partial charge is 0.479 e. The van der Waals surface area contributed by atoms with Gasteiger partial charge in [-0.25, -0.2) is 9.78 Å². The molecular weight excluding hydrogens is 320 g/mol. The molecule has 0 saturated heterocycles. The second-order valence-electron chi connectivity index (χ2n) is 6.06. The smallest absolute Gasteiger partial charge is 0.330 e. The van der Waals surface area contributed by atoms with Crippen molar-refractivity contribution in [1.82, 2.24) is 10.3 Å². The van der Waals surface area contributed by atoms with Gasteiger partial charge < -0.3 is 15.2 Å². The number of rotatable bonds is 6. The quantitative estimate of drug-likeness (QED) is 0.844. The van der Waals surface area contributed by atoms with Crippen LogP contribution in [0, 0.1) is 0 Å². The van der Waals surface area contributed by atoms with Crippen molar-refractivity contribution in [2.45, 2.75) is 37.8 Å². The molecule has 0 radical (unpaired) electrons. The van der Waals surface area contributed by atoms with Gasteiger partial charge >= 0.3 is 5.97 Å². The van der Waals surface area contributed by atoms with E-state index in [-0.39, 0.29) is 6.10 Å². The van der Waals surface area contributed by atoms with Crippen LogP contribution in [0.1, 0.15) is 47.6 Å². The second-order valence-corrected chi connectivity index (χ2v) is 6.06. The van der Waals surface area contributed by atoms with Crippen LogP contribution in [0.15, 0.2) is 48.7 Å². The van der Waals surface area contributed by atoms with E-state index in [1.54, 1.807) is 42.5 Å². The number of nitrogens with zero attached hydrogens (tertiary/aromatic N) is 1. The molecule has 2 N–H and O–H groups in total. The van der Waals surface area contributed by atoms with Crippen LogP contribution in [0.2, 0.25) is 0 Å². The Kier molecular flexibility index (Phi) is 5.28. The molecule has 1 aliphatic rings. The molecule has 130 valence electrons. The Balaban J connectivity index is 1.66. The van der Waals surface area contributed by atoms with Gasteiger partial charge in [0.05, 0.1) is 5.56 Å². The highest BCUT2D eigenvalue weighted by atomic mass is 16.5. The molecule has 3 rings (SSSR count). The summed E-state index contributed by atoms with van der Waals surface area (Å²) in [6, 6.07) is 10.7. The SMILES string of the molecule is O=C(NC(C(=O)O)c1ccccc1)c1ccc(OC2CCCC2)nc1. The fourth-order valence-electron chi connectivity index (χ4n) is 2.91. The van der Waals surface area contributed by atoms with Crippen molar-refractivity contribution in [2.75, 3.05) is 0 Å². The fourth-order valence-corrected chi connectivity index (χ4v) is 2.91. The lowest BCUT2D eigenvalue weighted by molar-refractivity contribution is -0.139. The summed E-state index contributed by atoms with van der Waals surface area (Å²) < 4.78 is 5.76. The number of carboxylic acids is 1. The number of carboxylic acid groups (broad SMARTS) is 1. The van der Waals surface area contributed by atoms with E-state index in [2.05, 4.69) is 10.3 Å². The summed E-state index contributed by atoms with van der Waals surface area (Å²) in [6.45, 7) is 0. The third-order valence-corrected chi connectivity index (χ3v) is 4.24. The highest BCUT2D eigenvalue weighted by molar-refractivity contribution is 5.96. The minimum absolute atomic E-state index is 0.196. The maximum atomic E-state index is 12.3. The minimum Gasteiger partial charge on any atom is -0.479 e. The van der Waals surface area contributed by atoms with Crippen molar-refractivity contribution < 1.29 is 19.4 Å². The molecule has 0 spiro atoms. The highest BCUT2D eigenvalue weighted by Crippen LogP contribution is 2.23. The molecule has 0 aliphatic heterocycles. The van der Waals surface area contributed by atoms with Crippen LogP contribution in [0.3, 0.4) is 0 Å². The van der Waals surface area contributed by atoms with Crippen molar-refractivity contribution in [3.05, 3.63) is 59.8 Å². The first-order valence-electron chi connectivity index (χ1n) is 8.35. The highest BCUT2D eigenvalue weighted by Gasteiger charge is 2.23. The number of benzene rings is 1. The molecule has 25 heavy (non-hydrogen) atoms. The molecule has 1 heterocycles. The number of aliphatic carboxylic acids is 1. The van der Waals surface area contributed by atoms with Crippen LogP contribution in [-0.4, -0.2) is 28.1 Å². The van der Waals surface area contributed by atoms with Gasteiger partial charge in [-0.1, -0.05) is 30.3 Å². The van der Waals surface area contributed by atoms with E-state index in [4.69, 9.17) is 4.74 Å². The monoisotopic (exact) mass is 340 g/mol. The second kappa shape index (κ2) is 7.79. The minimum atomic E-state index is -1.12. The molecule has 1 aromatic heterocycles. The standard InChI is InChI=1S/C19H20N2O4/c22-18(21-17(19(23)24)13-6-2-1-3-7-13)14-10-11-16(20-12-14)25-15-8-4-5-9-15/h1-3,6-7,10-12,15,17H,4-5,8-9H2,(H,21,22)(H,23,24). The summed E-state index contributed by atoms with van der Waals surface area (Å²) in [5, 5.41) is 11.9. The van der Waals surface area contributed by atoms with Crippen LogP contribution in [0.25, 0.3) is 0 Å². The Morgan fingerprint density at radius 3 is 2.44 bits per heavy atom. The Labute approximate surface area is 145 Å². The zero-order valence-electron chi connectivity index (χ0n) is 13.7. The molecule has 6 nitrogen and oxygen atoms in total. The fraction of sp³-hybridized carbons (Fsp3) is 0.316. The molecule has 1 unspecified atom stereocenters. The van der Waals surface area contributed by atoms with E-state index >= 15 is 0 Å². The number of amides is 1. The summed E-state index contributed by atoms with van der Waals surface area (Å²) in [5.74, 6) is -1.12. The number of hydrogen-bond donors (Lipinski definition) is 2. The van der Waals surface area contributed by atoms with Gasteiger partial charge in [-0.2, -0.15) is 0 Å². The summed E-state index contributed by atoms with van der Waals surface area (Å²) in [6.07, 6.45) is 6.00. The Bertz CT molecular complexity index is 725. The lowest BCUT2D eigenvalue weighted by Gasteiger charge is -2.15. The predicted molar refractivity (Wildman–Crippen MR) is 91.4 cm³/mol. The van der Waals surface area contributed by atoms with Crippen LogP contribution in [0.4, 0.5) is 0 Å². The number of pyridine rings is 1. The van der Waals surface area contributed by atoms with Gasteiger partial charge in [0.25, 0.3) is 5.91 Å². The average Bonchev–Trinajstić information content (AvgIpc) is 3.13. The molecule has 1 saturated carbocycles. The van der Waals surface area contributed by atoms with Crippen LogP contribution < -0.4 is 10.1 Å². The number of carbonyl (C=O) groups excluding carboxylic acids is 1. The summed E-state index contributed by atoms with van der Waals surface area (Å²) in [7, 11) is 0. The first-order valence-corrected chi connectivity index (χ1v) is 8.35. The lowest BCUT2D eigenvalue weighted by Crippen LogP contribution is -2.33. The van der Waals surface area contributed by atoms with Gasteiger partial charge in [-0.3, -0.25) is 4.79 Å². The Morgan fingerprint density at radius 2 is 1.84 bits per heavy atom. The first kappa shape index (κ1) is 17.0. The van der Waals surface area contributed by atoms with Gasteiger partial charge in [0.1, 0.15) is 6.10 Å². The van der Waals surface area contributed by atoms with Crippen molar-refractivity contribution in [1.29, 1.82) is 0 Å². The number of aromatic nitrogens is 1. The van der Waals surface area contributed by atoms with Gasteiger partial charge in [0.2, 0.25) is 5.88 Å². The van der Waals surface area contributed by atoms with Crippen LogP contribution in [-0.2, 0) is 4.79 Å². The zero-order valence-corrected chi connectivity index (χ0v) is 13.7. The van der Waals surface area contributed by atoms with Crippen molar-refractivity contribution in [3.63, 3.8) is 0 Å². The number of ether oxygens (including phenoxy) is 1. The maximum Gasteiger partial charge on any atom is 0.330 e. The molecule has 1 fully saturated rings. The summed E-state index contributed by atoms with van der Waals surface area (Å²) >= 11 is 0. The lowest BCUT2D eigenvalue weighted by atomic mass is 10.1.